The fourth-order valence-electron chi connectivity index (χ4n) is 2.16. The Balaban J connectivity index is 2.48. The lowest BCUT2D eigenvalue weighted by atomic mass is 9.96. The van der Waals surface area contributed by atoms with Gasteiger partial charge in [0.2, 0.25) is 0 Å². The van der Waals surface area contributed by atoms with Gasteiger partial charge >= 0.3 is 12.4 Å². The number of halogens is 6. The molecule has 1 aliphatic heterocycles. The Kier molecular flexibility index (Phi) is 3.97. The van der Waals surface area contributed by atoms with Gasteiger partial charge in [-0.3, -0.25) is 0 Å². The molecular weight excluding hydrogens is 286 g/mol. The van der Waals surface area contributed by atoms with Crippen molar-refractivity contribution >= 4 is 0 Å². The number of hydrogen-bond donors (Lipinski definition) is 2. The molecule has 2 rings (SSSR count). The third-order valence-corrected chi connectivity index (χ3v) is 3.10. The summed E-state index contributed by atoms with van der Waals surface area (Å²) in [6.07, 6.45) is -9.35. The first-order chi connectivity index (χ1) is 9.19. The van der Waals surface area contributed by atoms with E-state index in [1.165, 1.54) is 0 Å². The van der Waals surface area contributed by atoms with Gasteiger partial charge in [0.25, 0.3) is 0 Å². The lowest BCUT2D eigenvalue weighted by Crippen LogP contribution is -2.43. The van der Waals surface area contributed by atoms with Gasteiger partial charge in [-0.1, -0.05) is 0 Å². The van der Waals surface area contributed by atoms with Gasteiger partial charge in [-0.2, -0.15) is 26.3 Å². The van der Waals surface area contributed by atoms with Crippen LogP contribution in [0.15, 0.2) is 18.2 Å². The van der Waals surface area contributed by atoms with Crippen molar-refractivity contribution in [3.8, 4) is 0 Å². The molecule has 2 nitrogen and oxygen atoms in total. The fraction of sp³-hybridized carbons (Fsp3) is 0.500. The maximum Gasteiger partial charge on any atom is 0.416 e. The van der Waals surface area contributed by atoms with Crippen LogP contribution in [0.25, 0.3) is 0 Å². The van der Waals surface area contributed by atoms with Crippen LogP contribution in [0, 0.1) is 0 Å². The monoisotopic (exact) mass is 298 g/mol. The van der Waals surface area contributed by atoms with Crippen molar-refractivity contribution in [2.75, 3.05) is 19.6 Å². The van der Waals surface area contributed by atoms with Crippen LogP contribution < -0.4 is 10.6 Å². The molecule has 0 spiro atoms. The summed E-state index contributed by atoms with van der Waals surface area (Å²) >= 11 is 0. The van der Waals surface area contributed by atoms with Gasteiger partial charge in [0.1, 0.15) is 0 Å². The topological polar surface area (TPSA) is 24.1 Å². The molecule has 0 bridgehead atoms. The quantitative estimate of drug-likeness (QED) is 0.779. The molecule has 1 fully saturated rings. The number of piperazine rings is 1. The predicted octanol–water partition coefficient (Wildman–Crippen LogP) is 2.96. The first-order valence-electron chi connectivity index (χ1n) is 5.92. The Morgan fingerprint density at radius 2 is 1.65 bits per heavy atom. The molecule has 2 N–H and O–H groups in total. The Labute approximate surface area is 111 Å². The number of nitrogens with one attached hydrogen (secondary N) is 2. The standard InChI is InChI=1S/C12H12F6N2/c13-11(14,15)7-1-2-9(12(16,17)18)8(5-7)10-6-19-3-4-20-10/h1-2,5,10,19-20H,3-4,6H2/t10-/m1/s1. The van der Waals surface area contributed by atoms with E-state index in [0.717, 1.165) is 0 Å². The first kappa shape index (κ1) is 15.1. The van der Waals surface area contributed by atoms with Crippen LogP contribution in [-0.2, 0) is 12.4 Å². The Bertz CT molecular complexity index is 474. The van der Waals surface area contributed by atoms with Crippen molar-refractivity contribution in [2.45, 2.75) is 18.4 Å². The molecule has 8 heteroatoms. The Hall–Kier alpha value is -1.28. The van der Waals surface area contributed by atoms with Crippen LogP contribution >= 0.6 is 0 Å². The first-order valence-corrected chi connectivity index (χ1v) is 5.92. The van der Waals surface area contributed by atoms with Crippen LogP contribution in [0.4, 0.5) is 26.3 Å². The molecule has 0 saturated carbocycles. The number of benzene rings is 1. The minimum Gasteiger partial charge on any atom is -0.314 e. The molecular formula is C12H12F6N2. The highest BCUT2D eigenvalue weighted by Crippen LogP contribution is 2.38. The average Bonchev–Trinajstić information content (AvgIpc) is 2.37. The highest BCUT2D eigenvalue weighted by molar-refractivity contribution is 5.38. The van der Waals surface area contributed by atoms with Crippen LogP contribution in [0.2, 0.25) is 0 Å². The molecule has 0 aliphatic carbocycles. The summed E-state index contributed by atoms with van der Waals surface area (Å²) in [5, 5.41) is 5.66. The summed E-state index contributed by atoms with van der Waals surface area (Å²) in [7, 11) is 0. The van der Waals surface area contributed by atoms with E-state index < -0.39 is 29.5 Å². The van der Waals surface area contributed by atoms with E-state index in [-0.39, 0.29) is 12.1 Å². The molecule has 1 atom stereocenters. The highest BCUT2D eigenvalue weighted by Gasteiger charge is 2.38. The Morgan fingerprint density at radius 1 is 0.950 bits per heavy atom. The van der Waals surface area contributed by atoms with E-state index >= 15 is 0 Å². The minimum absolute atomic E-state index is 0.157. The van der Waals surface area contributed by atoms with E-state index in [0.29, 0.717) is 31.3 Å². The zero-order valence-electron chi connectivity index (χ0n) is 10.2. The van der Waals surface area contributed by atoms with Crippen molar-refractivity contribution in [3.63, 3.8) is 0 Å². The van der Waals surface area contributed by atoms with Crippen molar-refractivity contribution in [2.24, 2.45) is 0 Å². The van der Waals surface area contributed by atoms with E-state index in [9.17, 15) is 26.3 Å². The van der Waals surface area contributed by atoms with E-state index in [4.69, 9.17) is 0 Å². The second kappa shape index (κ2) is 5.25. The average molecular weight is 298 g/mol. The number of alkyl halides is 6. The maximum absolute atomic E-state index is 12.9. The lowest BCUT2D eigenvalue weighted by Gasteiger charge is -2.28. The summed E-state index contributed by atoms with van der Waals surface area (Å²) in [4.78, 5) is 0. The largest absolute Gasteiger partial charge is 0.416 e. The minimum atomic E-state index is -4.68. The zero-order chi connectivity index (χ0) is 15.0. The molecule has 1 aromatic rings. The molecule has 1 heterocycles. The van der Waals surface area contributed by atoms with Gasteiger partial charge in [0.15, 0.2) is 0 Å². The highest BCUT2D eigenvalue weighted by atomic mass is 19.4. The second-order valence-corrected chi connectivity index (χ2v) is 4.51. The summed E-state index contributed by atoms with van der Waals surface area (Å²) in [5.74, 6) is 0. The van der Waals surface area contributed by atoms with Crippen molar-refractivity contribution in [1.82, 2.24) is 10.6 Å². The molecule has 1 aliphatic rings. The van der Waals surface area contributed by atoms with Crippen LogP contribution in [-0.4, -0.2) is 19.6 Å². The van der Waals surface area contributed by atoms with Gasteiger partial charge in [-0.25, -0.2) is 0 Å². The Morgan fingerprint density at radius 3 is 2.15 bits per heavy atom. The van der Waals surface area contributed by atoms with Gasteiger partial charge in [0, 0.05) is 25.7 Å². The molecule has 20 heavy (non-hydrogen) atoms. The summed E-state index contributed by atoms with van der Waals surface area (Å²) in [6, 6.07) is 0.743. The SMILES string of the molecule is FC(F)(F)c1ccc(C(F)(F)F)c([C@H]2CNCCN2)c1. The van der Waals surface area contributed by atoms with Crippen LogP contribution in [0.1, 0.15) is 22.7 Å². The molecule has 0 unspecified atom stereocenters. The summed E-state index contributed by atoms with van der Waals surface area (Å²) < 4.78 is 76.6. The lowest BCUT2D eigenvalue weighted by molar-refractivity contribution is -0.142. The molecule has 0 amide bonds. The molecule has 112 valence electrons. The van der Waals surface area contributed by atoms with Crippen LogP contribution in [0.3, 0.4) is 0 Å². The van der Waals surface area contributed by atoms with E-state index in [1.807, 2.05) is 0 Å². The van der Waals surface area contributed by atoms with Crippen molar-refractivity contribution in [1.29, 1.82) is 0 Å². The molecule has 1 saturated heterocycles. The van der Waals surface area contributed by atoms with Crippen molar-refractivity contribution < 1.29 is 26.3 Å². The number of rotatable bonds is 1. The molecule has 0 radical (unpaired) electrons. The third-order valence-electron chi connectivity index (χ3n) is 3.10. The van der Waals surface area contributed by atoms with E-state index in [2.05, 4.69) is 10.6 Å². The van der Waals surface area contributed by atoms with Crippen LogP contribution in [0.5, 0.6) is 0 Å². The van der Waals surface area contributed by atoms with Crippen molar-refractivity contribution in [3.05, 3.63) is 34.9 Å². The van der Waals surface area contributed by atoms with Gasteiger partial charge < -0.3 is 10.6 Å². The third kappa shape index (κ3) is 3.24. The predicted molar refractivity (Wildman–Crippen MR) is 60.1 cm³/mol. The van der Waals surface area contributed by atoms with Gasteiger partial charge in [-0.15, -0.1) is 0 Å². The normalized spacial score (nSPS) is 21.0. The summed E-state index contributed by atoms with van der Waals surface area (Å²) in [5.41, 5.74) is -2.49. The maximum atomic E-state index is 12.9. The smallest absolute Gasteiger partial charge is 0.314 e. The number of hydrogen-bond acceptors (Lipinski definition) is 2. The summed E-state index contributed by atoms with van der Waals surface area (Å²) in [6.45, 7) is 1.12. The molecule has 1 aromatic carbocycles. The zero-order valence-corrected chi connectivity index (χ0v) is 10.2. The second-order valence-electron chi connectivity index (χ2n) is 4.51. The fourth-order valence-corrected chi connectivity index (χ4v) is 2.16. The van der Waals surface area contributed by atoms with Gasteiger partial charge in [-0.05, 0) is 23.8 Å². The molecule has 0 aromatic heterocycles. The van der Waals surface area contributed by atoms with E-state index in [1.54, 1.807) is 0 Å². The van der Waals surface area contributed by atoms with Gasteiger partial charge in [0.05, 0.1) is 11.1 Å².